The summed E-state index contributed by atoms with van der Waals surface area (Å²) in [4.78, 5) is 4.32. The smallest absolute Gasteiger partial charge is 0.141 e. The van der Waals surface area contributed by atoms with E-state index in [1.165, 1.54) is 24.4 Å². The summed E-state index contributed by atoms with van der Waals surface area (Å²) < 4.78 is 15.2. The predicted octanol–water partition coefficient (Wildman–Crippen LogP) is 5.00. The first-order valence-corrected chi connectivity index (χ1v) is 9.63. The fourth-order valence-electron chi connectivity index (χ4n) is 2.97. The van der Waals surface area contributed by atoms with E-state index in [9.17, 15) is 9.65 Å². The van der Waals surface area contributed by atoms with Gasteiger partial charge in [-0.15, -0.1) is 5.10 Å². The quantitative estimate of drug-likeness (QED) is 0.437. The van der Waals surface area contributed by atoms with Crippen molar-refractivity contribution in [2.24, 2.45) is 0 Å². The summed E-state index contributed by atoms with van der Waals surface area (Å²) in [5, 5.41) is 24.7. The molecule has 0 unspecified atom stereocenters. The van der Waals surface area contributed by atoms with Crippen molar-refractivity contribution < 1.29 is 4.39 Å². The molecule has 150 valence electrons. The summed E-state index contributed by atoms with van der Waals surface area (Å²) in [6.07, 6.45) is 4.83. The number of hydrogen-bond acceptors (Lipinski definition) is 6. The van der Waals surface area contributed by atoms with Crippen molar-refractivity contribution >= 4 is 51.2 Å². The Labute approximate surface area is 181 Å². The van der Waals surface area contributed by atoms with Gasteiger partial charge in [0.1, 0.15) is 11.9 Å². The number of halogens is 3. The minimum absolute atomic E-state index is 0.0228. The summed E-state index contributed by atoms with van der Waals surface area (Å²) in [7, 11) is 0. The molecule has 2 aromatic carbocycles. The normalized spacial score (nSPS) is 10.7. The Bertz CT molecular complexity index is 1250. The maximum atomic E-state index is 13.5. The van der Waals surface area contributed by atoms with Gasteiger partial charge in [0.15, 0.2) is 0 Å². The molecule has 0 atom stereocenters. The van der Waals surface area contributed by atoms with Crippen LogP contribution in [0.3, 0.4) is 0 Å². The summed E-state index contributed by atoms with van der Waals surface area (Å²) >= 11 is 12.3. The summed E-state index contributed by atoms with van der Waals surface area (Å²) in [5.41, 5.74) is 2.65. The zero-order valence-corrected chi connectivity index (χ0v) is 16.9. The van der Waals surface area contributed by atoms with Gasteiger partial charge in [-0.3, -0.25) is 9.67 Å². The van der Waals surface area contributed by atoms with Crippen LogP contribution in [0, 0.1) is 17.1 Å². The molecule has 4 rings (SSSR count). The molecular formula is C20H14Cl2FN7. The molecule has 0 aliphatic carbocycles. The van der Waals surface area contributed by atoms with E-state index in [-0.39, 0.29) is 5.02 Å². The number of hydrogen-bond donors (Lipinski definition) is 2. The lowest BCUT2D eigenvalue weighted by atomic mass is 10.1. The van der Waals surface area contributed by atoms with Crippen molar-refractivity contribution in [3.63, 3.8) is 0 Å². The Balaban J connectivity index is 1.70. The molecule has 0 bridgehead atoms. The highest BCUT2D eigenvalue weighted by Crippen LogP contribution is 2.35. The van der Waals surface area contributed by atoms with Crippen LogP contribution >= 0.6 is 23.2 Å². The Hall–Kier alpha value is -3.41. The number of anilines is 3. The van der Waals surface area contributed by atoms with E-state index in [1.54, 1.807) is 23.1 Å². The van der Waals surface area contributed by atoms with Crippen LogP contribution < -0.4 is 10.6 Å². The lowest BCUT2D eigenvalue weighted by molar-refractivity contribution is 0.609. The molecule has 0 saturated heterocycles. The van der Waals surface area contributed by atoms with Crippen LogP contribution in [-0.4, -0.2) is 26.5 Å². The average molecular weight is 442 g/mol. The minimum atomic E-state index is -0.524. The fraction of sp³-hybridized carbons (Fsp3) is 0.100. The molecule has 2 N–H and O–H groups in total. The monoisotopic (exact) mass is 441 g/mol. The van der Waals surface area contributed by atoms with Gasteiger partial charge in [0.05, 0.1) is 39.6 Å². The lowest BCUT2D eigenvalue weighted by Gasteiger charge is -2.14. The first-order chi connectivity index (χ1) is 14.5. The molecule has 2 aromatic heterocycles. The van der Waals surface area contributed by atoms with Gasteiger partial charge in [-0.2, -0.15) is 5.26 Å². The molecule has 0 aliphatic heterocycles. The van der Waals surface area contributed by atoms with E-state index >= 15 is 0 Å². The highest BCUT2D eigenvalue weighted by molar-refractivity contribution is 6.36. The highest BCUT2D eigenvalue weighted by Gasteiger charge is 2.14. The van der Waals surface area contributed by atoms with Gasteiger partial charge >= 0.3 is 0 Å². The number of nitrogens with one attached hydrogen (secondary N) is 2. The molecule has 10 heteroatoms. The Morgan fingerprint density at radius 2 is 1.97 bits per heavy atom. The first kappa shape index (κ1) is 19.9. The van der Waals surface area contributed by atoms with Gasteiger partial charge < -0.3 is 10.6 Å². The summed E-state index contributed by atoms with van der Waals surface area (Å²) in [5.74, 6) is -0.524. The van der Waals surface area contributed by atoms with Crippen LogP contribution in [0.5, 0.6) is 0 Å². The Morgan fingerprint density at radius 1 is 1.13 bits per heavy atom. The second kappa shape index (κ2) is 8.53. The van der Waals surface area contributed by atoms with E-state index < -0.39 is 5.82 Å². The molecule has 2 heterocycles. The minimum Gasteiger partial charge on any atom is -0.383 e. The number of benzene rings is 2. The summed E-state index contributed by atoms with van der Waals surface area (Å²) in [6, 6.07) is 9.98. The van der Waals surface area contributed by atoms with Crippen LogP contribution in [0.2, 0.25) is 10.0 Å². The van der Waals surface area contributed by atoms with Crippen LogP contribution in [0.25, 0.3) is 10.9 Å². The molecule has 7 nitrogen and oxygen atoms in total. The highest BCUT2D eigenvalue weighted by atomic mass is 35.5. The Kier molecular flexibility index (Phi) is 5.65. The molecule has 0 fully saturated rings. The zero-order chi connectivity index (χ0) is 21.1. The maximum Gasteiger partial charge on any atom is 0.141 e. The average Bonchev–Trinajstić information content (AvgIpc) is 3.25. The van der Waals surface area contributed by atoms with Crippen molar-refractivity contribution in [1.82, 2.24) is 20.0 Å². The number of pyridine rings is 1. The van der Waals surface area contributed by atoms with E-state index in [1.807, 2.05) is 6.07 Å². The van der Waals surface area contributed by atoms with E-state index in [0.717, 1.165) is 5.69 Å². The number of rotatable bonds is 6. The van der Waals surface area contributed by atoms with E-state index in [2.05, 4.69) is 32.0 Å². The number of nitriles is 1. The molecule has 0 spiro atoms. The molecule has 0 amide bonds. The van der Waals surface area contributed by atoms with Crippen molar-refractivity contribution in [2.75, 3.05) is 17.2 Å². The zero-order valence-electron chi connectivity index (χ0n) is 15.4. The van der Waals surface area contributed by atoms with Gasteiger partial charge in [-0.1, -0.05) is 28.4 Å². The van der Waals surface area contributed by atoms with Crippen molar-refractivity contribution in [3.8, 4) is 6.07 Å². The Morgan fingerprint density at radius 3 is 2.70 bits per heavy atom. The third kappa shape index (κ3) is 4.13. The molecule has 0 saturated carbocycles. The van der Waals surface area contributed by atoms with Crippen LogP contribution in [0.4, 0.5) is 21.5 Å². The second-order valence-corrected chi connectivity index (χ2v) is 7.17. The third-order valence-electron chi connectivity index (χ3n) is 4.38. The predicted molar refractivity (Wildman–Crippen MR) is 115 cm³/mol. The van der Waals surface area contributed by atoms with Gasteiger partial charge in [-0.05, 0) is 30.3 Å². The number of fused-ring (bicyclic) bond motifs is 1. The van der Waals surface area contributed by atoms with Crippen LogP contribution in [-0.2, 0) is 6.54 Å². The maximum absolute atomic E-state index is 13.5. The molecular weight excluding hydrogens is 428 g/mol. The van der Waals surface area contributed by atoms with Crippen LogP contribution in [0.15, 0.2) is 48.9 Å². The lowest BCUT2D eigenvalue weighted by Crippen LogP contribution is -2.11. The SMILES string of the molecule is N#Cc1cnc2c(Cl)cc(NCCn3ccnn3)cc2c1Nc1ccc(F)c(Cl)c1. The molecule has 0 radical (unpaired) electrons. The van der Waals surface area contributed by atoms with Crippen molar-refractivity contribution in [3.05, 3.63) is 70.3 Å². The molecule has 0 aliphatic rings. The van der Waals surface area contributed by atoms with Gasteiger partial charge in [-0.25, -0.2) is 4.39 Å². The number of aromatic nitrogens is 4. The summed E-state index contributed by atoms with van der Waals surface area (Å²) in [6.45, 7) is 1.21. The largest absolute Gasteiger partial charge is 0.383 e. The van der Waals surface area contributed by atoms with Crippen molar-refractivity contribution in [1.29, 1.82) is 5.26 Å². The van der Waals surface area contributed by atoms with Crippen molar-refractivity contribution in [2.45, 2.75) is 6.54 Å². The van der Waals surface area contributed by atoms with Crippen LogP contribution in [0.1, 0.15) is 5.56 Å². The topological polar surface area (TPSA) is 91.5 Å². The third-order valence-corrected chi connectivity index (χ3v) is 4.95. The molecule has 4 aromatic rings. The van der Waals surface area contributed by atoms with Gasteiger partial charge in [0, 0.05) is 35.7 Å². The van der Waals surface area contributed by atoms with E-state index in [0.29, 0.717) is 46.0 Å². The van der Waals surface area contributed by atoms with Gasteiger partial charge in [0.2, 0.25) is 0 Å². The van der Waals surface area contributed by atoms with E-state index in [4.69, 9.17) is 23.2 Å². The number of nitrogens with zero attached hydrogens (tertiary/aromatic N) is 5. The molecule has 30 heavy (non-hydrogen) atoms. The van der Waals surface area contributed by atoms with Gasteiger partial charge in [0.25, 0.3) is 0 Å². The first-order valence-electron chi connectivity index (χ1n) is 8.87. The fourth-order valence-corrected chi connectivity index (χ4v) is 3.41. The standard InChI is InChI=1S/C20H14Cl2FN7/c21-16-8-13(1-2-18(16)23)28-19-12(10-24)11-26-20-15(19)7-14(9-17(20)22)25-3-5-30-6-4-27-29-30/h1-2,4,6-9,11,25H,3,5H2,(H,26,28). The second-order valence-electron chi connectivity index (χ2n) is 6.36.